The van der Waals surface area contributed by atoms with Crippen molar-refractivity contribution in [3.63, 3.8) is 0 Å². The highest BCUT2D eigenvalue weighted by Gasteiger charge is 2.30. The normalized spacial score (nSPS) is 18.6. The molecule has 3 aromatic rings. The predicted octanol–water partition coefficient (Wildman–Crippen LogP) is 4.74. The first-order chi connectivity index (χ1) is 15.4. The van der Waals surface area contributed by atoms with Crippen LogP contribution in [0.25, 0.3) is 10.2 Å². The molecule has 0 spiro atoms. The zero-order valence-electron chi connectivity index (χ0n) is 18.0. The molecule has 2 aromatic heterocycles. The number of hydrogen-bond acceptors (Lipinski definition) is 5. The molecule has 1 aliphatic carbocycles. The average Bonchev–Trinajstić information content (AvgIpc) is 3.12. The van der Waals surface area contributed by atoms with Crippen LogP contribution >= 0.6 is 11.3 Å². The smallest absolute Gasteiger partial charge is 0.263 e. The van der Waals surface area contributed by atoms with Crippen molar-refractivity contribution in [1.82, 2.24) is 10.3 Å². The number of nitrogens with two attached hydrogens (primary N) is 1. The summed E-state index contributed by atoms with van der Waals surface area (Å²) in [5, 5.41) is 3.74. The monoisotopic (exact) mass is 456 g/mol. The van der Waals surface area contributed by atoms with E-state index in [1.54, 1.807) is 0 Å². The van der Waals surface area contributed by atoms with Crippen molar-refractivity contribution in [2.24, 2.45) is 0 Å². The lowest BCUT2D eigenvalue weighted by molar-refractivity contribution is 0.0938. The molecule has 8 heteroatoms. The van der Waals surface area contributed by atoms with Crippen LogP contribution < -0.4 is 16.0 Å². The number of piperidine rings is 1. The number of fused-ring (bicyclic) bond motifs is 2. The lowest BCUT2D eigenvalue weighted by Gasteiger charge is -2.32. The quantitative estimate of drug-likeness (QED) is 0.597. The summed E-state index contributed by atoms with van der Waals surface area (Å²) in [5.41, 5.74) is 8.68. The Hall–Kier alpha value is -2.74. The minimum absolute atomic E-state index is 0.270. The van der Waals surface area contributed by atoms with Crippen molar-refractivity contribution in [3.05, 3.63) is 51.5 Å². The second kappa shape index (κ2) is 8.31. The molecule has 0 unspecified atom stereocenters. The molecule has 1 saturated heterocycles. The number of thiophene rings is 1. The van der Waals surface area contributed by atoms with Crippen LogP contribution in [-0.4, -0.2) is 30.0 Å². The van der Waals surface area contributed by atoms with E-state index >= 15 is 8.78 Å². The number of rotatable bonds is 3. The summed E-state index contributed by atoms with van der Waals surface area (Å²) in [4.78, 5) is 20.5. The standard InChI is InChI=1S/C24H26F2N4OS/c1-13-5-7-16-21(27)22(32-24(16)28-13)23(31)29-14-6-8-15-17(11-14)18(25)12-19(20(15)26)30-9-3-2-4-10-30/h5,7,12,14H,2-4,6,8-11,27H2,1H3,(H,29,31)/t14-/m1/s1. The third-order valence-corrected chi connectivity index (χ3v) is 7.68. The zero-order chi connectivity index (χ0) is 22.4. The third kappa shape index (κ3) is 3.70. The summed E-state index contributed by atoms with van der Waals surface area (Å²) in [6.45, 7) is 3.41. The molecule has 168 valence electrons. The number of aromatic nitrogens is 1. The van der Waals surface area contributed by atoms with E-state index in [2.05, 4.69) is 10.3 Å². The molecule has 5 rings (SSSR count). The molecule has 2 aliphatic rings. The Labute approximate surface area is 189 Å². The van der Waals surface area contributed by atoms with Crippen molar-refractivity contribution in [2.75, 3.05) is 23.7 Å². The molecule has 1 aromatic carbocycles. The minimum atomic E-state index is -0.387. The van der Waals surface area contributed by atoms with Gasteiger partial charge in [0, 0.05) is 36.3 Å². The number of amides is 1. The van der Waals surface area contributed by atoms with E-state index in [1.807, 2.05) is 24.0 Å². The molecule has 1 fully saturated rings. The van der Waals surface area contributed by atoms with Gasteiger partial charge in [0.2, 0.25) is 0 Å². The molecule has 0 saturated carbocycles. The number of carbonyl (C=O) groups is 1. The third-order valence-electron chi connectivity index (χ3n) is 6.57. The molecule has 32 heavy (non-hydrogen) atoms. The first-order valence-corrected chi connectivity index (χ1v) is 11.9. The second-order valence-corrected chi connectivity index (χ2v) is 9.76. The lowest BCUT2D eigenvalue weighted by atomic mass is 9.86. The maximum Gasteiger partial charge on any atom is 0.263 e. The van der Waals surface area contributed by atoms with Crippen molar-refractivity contribution >= 4 is 38.8 Å². The molecule has 3 N–H and O–H groups in total. The fourth-order valence-electron chi connectivity index (χ4n) is 4.85. The number of nitrogens with one attached hydrogen (secondary N) is 1. The van der Waals surface area contributed by atoms with E-state index in [9.17, 15) is 4.79 Å². The lowest BCUT2D eigenvalue weighted by Crippen LogP contribution is -2.39. The summed E-state index contributed by atoms with van der Waals surface area (Å²) in [7, 11) is 0. The summed E-state index contributed by atoms with van der Waals surface area (Å²) >= 11 is 1.26. The first-order valence-electron chi connectivity index (χ1n) is 11.1. The predicted molar refractivity (Wildman–Crippen MR) is 124 cm³/mol. The van der Waals surface area contributed by atoms with Gasteiger partial charge in [0.25, 0.3) is 5.91 Å². The van der Waals surface area contributed by atoms with Crippen LogP contribution in [0.15, 0.2) is 18.2 Å². The Balaban J connectivity index is 1.36. The van der Waals surface area contributed by atoms with Gasteiger partial charge in [-0.05, 0) is 68.7 Å². The second-order valence-electron chi connectivity index (χ2n) is 8.76. The molecule has 0 bridgehead atoms. The number of carbonyl (C=O) groups excluding carboxylic acids is 1. The molecule has 5 nitrogen and oxygen atoms in total. The Bertz CT molecular complexity index is 1200. The van der Waals surface area contributed by atoms with Gasteiger partial charge in [0.05, 0.1) is 11.4 Å². The molecule has 3 heterocycles. The topological polar surface area (TPSA) is 71.2 Å². The van der Waals surface area contributed by atoms with Crippen molar-refractivity contribution in [1.29, 1.82) is 0 Å². The number of hydrogen-bond donors (Lipinski definition) is 2. The zero-order valence-corrected chi connectivity index (χ0v) is 18.8. The van der Waals surface area contributed by atoms with Crippen LogP contribution in [0.3, 0.4) is 0 Å². The van der Waals surface area contributed by atoms with Gasteiger partial charge in [-0.2, -0.15) is 0 Å². The number of halogens is 2. The molecular weight excluding hydrogens is 430 g/mol. The molecular formula is C24H26F2N4OS. The SMILES string of the molecule is Cc1ccc2c(N)c(C(=O)N[C@@H]3CCc4c(F)c(N5CCCCC5)cc(F)c4C3)sc2n1. The molecule has 1 aliphatic heterocycles. The van der Waals surface area contributed by atoms with Crippen molar-refractivity contribution in [3.8, 4) is 0 Å². The van der Waals surface area contributed by atoms with E-state index in [0.29, 0.717) is 40.2 Å². The number of nitrogens with zero attached hydrogens (tertiary/aromatic N) is 2. The number of pyridine rings is 1. The fourth-order valence-corrected chi connectivity index (χ4v) is 5.89. The van der Waals surface area contributed by atoms with Gasteiger partial charge in [-0.1, -0.05) is 0 Å². The highest BCUT2D eigenvalue weighted by Crippen LogP contribution is 2.35. The van der Waals surface area contributed by atoms with E-state index in [-0.39, 0.29) is 30.0 Å². The maximum absolute atomic E-state index is 15.3. The minimum Gasteiger partial charge on any atom is -0.397 e. The van der Waals surface area contributed by atoms with Crippen LogP contribution in [0.4, 0.5) is 20.2 Å². The molecule has 1 atom stereocenters. The van der Waals surface area contributed by atoms with Gasteiger partial charge in [-0.3, -0.25) is 4.79 Å². The average molecular weight is 457 g/mol. The van der Waals surface area contributed by atoms with Gasteiger partial charge in [0.15, 0.2) is 0 Å². The van der Waals surface area contributed by atoms with Gasteiger partial charge in [-0.25, -0.2) is 13.8 Å². The Morgan fingerprint density at radius 1 is 1.22 bits per heavy atom. The number of aryl methyl sites for hydroxylation is 1. The van der Waals surface area contributed by atoms with Gasteiger partial charge in [-0.15, -0.1) is 11.3 Å². The Kier molecular flexibility index (Phi) is 5.49. The summed E-state index contributed by atoms with van der Waals surface area (Å²) < 4.78 is 30.3. The summed E-state index contributed by atoms with van der Waals surface area (Å²) in [5.74, 6) is -0.979. The Morgan fingerprint density at radius 2 is 2.00 bits per heavy atom. The Morgan fingerprint density at radius 3 is 2.78 bits per heavy atom. The number of anilines is 2. The highest BCUT2D eigenvalue weighted by atomic mass is 32.1. The van der Waals surface area contributed by atoms with Crippen molar-refractivity contribution < 1.29 is 13.6 Å². The van der Waals surface area contributed by atoms with Crippen LogP contribution in [0.1, 0.15) is 52.2 Å². The maximum atomic E-state index is 15.3. The molecule has 0 radical (unpaired) electrons. The van der Waals surface area contributed by atoms with E-state index in [1.165, 1.54) is 17.4 Å². The van der Waals surface area contributed by atoms with Crippen LogP contribution in [0.2, 0.25) is 0 Å². The van der Waals surface area contributed by atoms with Crippen LogP contribution in [0, 0.1) is 18.6 Å². The summed E-state index contributed by atoms with van der Waals surface area (Å²) in [6, 6.07) is 4.79. The highest BCUT2D eigenvalue weighted by molar-refractivity contribution is 7.21. The van der Waals surface area contributed by atoms with E-state index < -0.39 is 0 Å². The van der Waals surface area contributed by atoms with Crippen LogP contribution in [0.5, 0.6) is 0 Å². The largest absolute Gasteiger partial charge is 0.397 e. The fraction of sp³-hybridized carbons (Fsp3) is 0.417. The van der Waals surface area contributed by atoms with Gasteiger partial charge < -0.3 is 16.0 Å². The van der Waals surface area contributed by atoms with E-state index in [0.717, 1.165) is 48.3 Å². The van der Waals surface area contributed by atoms with Crippen LogP contribution in [-0.2, 0) is 12.8 Å². The summed E-state index contributed by atoms with van der Waals surface area (Å²) in [6.07, 6.45) is 4.36. The number of benzene rings is 1. The first kappa shape index (κ1) is 21.1. The van der Waals surface area contributed by atoms with E-state index in [4.69, 9.17) is 5.73 Å². The number of nitrogen functional groups attached to an aromatic ring is 1. The molecule has 1 amide bonds. The van der Waals surface area contributed by atoms with Gasteiger partial charge in [0.1, 0.15) is 21.3 Å². The van der Waals surface area contributed by atoms with Crippen molar-refractivity contribution in [2.45, 2.75) is 51.5 Å². The van der Waals surface area contributed by atoms with Gasteiger partial charge >= 0.3 is 0 Å².